The van der Waals surface area contributed by atoms with Crippen molar-refractivity contribution in [2.24, 2.45) is 0 Å². The van der Waals surface area contributed by atoms with E-state index in [0.717, 1.165) is 0 Å². The third-order valence-corrected chi connectivity index (χ3v) is 4.36. The van der Waals surface area contributed by atoms with E-state index in [9.17, 15) is 13.2 Å². The van der Waals surface area contributed by atoms with Gasteiger partial charge in [0.2, 0.25) is 10.0 Å². The molecule has 0 aliphatic heterocycles. The molecule has 0 fully saturated rings. The number of methoxy groups -OCH3 is 2. The lowest BCUT2D eigenvalue weighted by atomic mass is 10.2. The lowest BCUT2D eigenvalue weighted by Gasteiger charge is -2.16. The Labute approximate surface area is 122 Å². The van der Waals surface area contributed by atoms with Gasteiger partial charge in [-0.3, -0.25) is 4.79 Å². The molecule has 0 saturated carbocycles. The van der Waals surface area contributed by atoms with Gasteiger partial charge in [-0.25, -0.2) is 8.42 Å². The van der Waals surface area contributed by atoms with Crippen LogP contribution in [0, 0.1) is 6.92 Å². The molecular weight excluding hydrogens is 302 g/mol. The molecule has 8 nitrogen and oxygen atoms in total. The Morgan fingerprint density at radius 3 is 2.24 bits per heavy atom. The number of nitrogens with one attached hydrogen (secondary N) is 1. The molecule has 1 aromatic carbocycles. The highest BCUT2D eigenvalue weighted by atomic mass is 32.2. The molecule has 1 rings (SSSR count). The summed E-state index contributed by atoms with van der Waals surface area (Å²) >= 11 is 0. The van der Waals surface area contributed by atoms with E-state index in [1.54, 1.807) is 0 Å². The van der Waals surface area contributed by atoms with E-state index in [1.807, 2.05) is 4.72 Å². The lowest BCUT2D eigenvalue weighted by molar-refractivity contribution is -0.139. The molecule has 0 aliphatic carbocycles. The van der Waals surface area contributed by atoms with Gasteiger partial charge in [0.15, 0.2) is 11.5 Å². The molecule has 1 atom stereocenters. The number of carboxylic acids is 1. The van der Waals surface area contributed by atoms with Gasteiger partial charge >= 0.3 is 5.97 Å². The summed E-state index contributed by atoms with van der Waals surface area (Å²) in [6, 6.07) is 1.07. The maximum atomic E-state index is 12.2. The summed E-state index contributed by atoms with van der Waals surface area (Å²) in [5.41, 5.74) is 0.349. The summed E-state index contributed by atoms with van der Waals surface area (Å²) in [7, 11) is -1.37. The predicted octanol–water partition coefficient (Wildman–Crippen LogP) is -0.264. The minimum absolute atomic E-state index is 0.153. The van der Waals surface area contributed by atoms with E-state index in [-0.39, 0.29) is 10.6 Å². The predicted molar refractivity (Wildman–Crippen MR) is 73.1 cm³/mol. The van der Waals surface area contributed by atoms with Crippen LogP contribution in [-0.4, -0.2) is 51.5 Å². The zero-order valence-electron chi connectivity index (χ0n) is 11.8. The summed E-state index contributed by atoms with van der Waals surface area (Å²) in [6.07, 6.45) is 0. The fraction of sp³-hybridized carbons (Fsp3) is 0.417. The second-order valence-corrected chi connectivity index (χ2v) is 5.85. The van der Waals surface area contributed by atoms with Crippen LogP contribution in [0.1, 0.15) is 5.56 Å². The Kier molecular flexibility index (Phi) is 5.53. The first-order valence-corrected chi connectivity index (χ1v) is 7.33. The van der Waals surface area contributed by atoms with Crippen molar-refractivity contribution < 1.29 is 32.9 Å². The number of carbonyl (C=O) groups is 1. The van der Waals surface area contributed by atoms with Gasteiger partial charge in [0, 0.05) is 6.07 Å². The smallest absolute Gasteiger partial charge is 0.324 e. The fourth-order valence-electron chi connectivity index (χ4n) is 1.67. The minimum Gasteiger partial charge on any atom is -0.493 e. The van der Waals surface area contributed by atoms with Gasteiger partial charge in [-0.1, -0.05) is 0 Å². The average Bonchev–Trinajstić information content (AvgIpc) is 2.43. The van der Waals surface area contributed by atoms with E-state index < -0.39 is 28.6 Å². The number of aliphatic hydroxyl groups excluding tert-OH is 1. The van der Waals surface area contributed by atoms with Gasteiger partial charge in [-0.05, 0) is 18.6 Å². The molecule has 118 valence electrons. The van der Waals surface area contributed by atoms with Crippen LogP contribution < -0.4 is 14.2 Å². The maximum absolute atomic E-state index is 12.2. The molecule has 9 heteroatoms. The van der Waals surface area contributed by atoms with Crippen molar-refractivity contribution in [3.8, 4) is 11.5 Å². The monoisotopic (exact) mass is 319 g/mol. The summed E-state index contributed by atoms with van der Waals surface area (Å²) in [5.74, 6) is -0.926. The second-order valence-electron chi connectivity index (χ2n) is 4.17. The average molecular weight is 319 g/mol. The molecular formula is C12H17NO7S. The van der Waals surface area contributed by atoms with Crippen molar-refractivity contribution in [3.05, 3.63) is 17.7 Å². The summed E-state index contributed by atoms with van der Waals surface area (Å²) < 4.78 is 36.4. The quantitative estimate of drug-likeness (QED) is 0.632. The highest BCUT2D eigenvalue weighted by molar-refractivity contribution is 7.89. The highest BCUT2D eigenvalue weighted by Crippen LogP contribution is 2.32. The van der Waals surface area contributed by atoms with E-state index in [2.05, 4.69) is 0 Å². The van der Waals surface area contributed by atoms with Crippen molar-refractivity contribution in [2.75, 3.05) is 20.8 Å². The van der Waals surface area contributed by atoms with Crippen molar-refractivity contribution in [2.45, 2.75) is 17.9 Å². The van der Waals surface area contributed by atoms with Crippen molar-refractivity contribution >= 4 is 16.0 Å². The Bertz CT molecular complexity index is 627. The van der Waals surface area contributed by atoms with Crippen molar-refractivity contribution in [1.82, 2.24) is 4.72 Å². The van der Waals surface area contributed by atoms with Gasteiger partial charge in [0.25, 0.3) is 0 Å². The third kappa shape index (κ3) is 3.84. The SMILES string of the molecule is COc1cc(C)c(S(=O)(=O)NC(CO)C(=O)O)cc1OC. The van der Waals surface area contributed by atoms with Gasteiger partial charge in [-0.15, -0.1) is 0 Å². The lowest BCUT2D eigenvalue weighted by Crippen LogP contribution is -2.43. The first-order valence-electron chi connectivity index (χ1n) is 5.85. The zero-order chi connectivity index (χ0) is 16.2. The molecule has 1 aromatic rings. The van der Waals surface area contributed by atoms with Crippen LogP contribution in [-0.2, 0) is 14.8 Å². The molecule has 0 heterocycles. The molecule has 21 heavy (non-hydrogen) atoms. The number of rotatable bonds is 7. The number of aliphatic hydroxyl groups is 1. The standard InChI is InChI=1S/C12H17NO7S/c1-7-4-9(19-2)10(20-3)5-11(7)21(17,18)13-8(6-14)12(15)16/h4-5,8,13-14H,6H2,1-3H3,(H,15,16). The number of aryl methyl sites for hydroxylation is 1. The van der Waals surface area contributed by atoms with Gasteiger partial charge in [0.1, 0.15) is 6.04 Å². The third-order valence-electron chi connectivity index (χ3n) is 2.75. The number of ether oxygens (including phenoxy) is 2. The van der Waals surface area contributed by atoms with Gasteiger partial charge in [0.05, 0.1) is 25.7 Å². The second kappa shape index (κ2) is 6.74. The Hall–Kier alpha value is -1.84. The summed E-state index contributed by atoms with van der Waals surface area (Å²) in [5, 5.41) is 17.7. The summed E-state index contributed by atoms with van der Waals surface area (Å²) in [4.78, 5) is 10.7. The molecule has 0 aromatic heterocycles. The molecule has 0 amide bonds. The first-order chi connectivity index (χ1) is 9.76. The number of hydrogen-bond donors (Lipinski definition) is 3. The molecule has 0 aliphatic rings. The molecule has 0 saturated heterocycles. The fourth-order valence-corrected chi connectivity index (χ4v) is 3.09. The van der Waals surface area contributed by atoms with E-state index in [0.29, 0.717) is 11.3 Å². The topological polar surface area (TPSA) is 122 Å². The molecule has 0 radical (unpaired) electrons. The van der Waals surface area contributed by atoms with Crippen LogP contribution in [0.5, 0.6) is 11.5 Å². The maximum Gasteiger partial charge on any atom is 0.324 e. The number of benzene rings is 1. The van der Waals surface area contributed by atoms with Crippen LogP contribution in [0.25, 0.3) is 0 Å². The van der Waals surface area contributed by atoms with Gasteiger partial charge in [-0.2, -0.15) is 4.72 Å². The van der Waals surface area contributed by atoms with E-state index in [4.69, 9.17) is 19.7 Å². The molecule has 0 bridgehead atoms. The van der Waals surface area contributed by atoms with E-state index in [1.165, 1.54) is 33.3 Å². The Morgan fingerprint density at radius 2 is 1.81 bits per heavy atom. The number of sulfonamides is 1. The van der Waals surface area contributed by atoms with Crippen LogP contribution in [0.2, 0.25) is 0 Å². The van der Waals surface area contributed by atoms with E-state index >= 15 is 0 Å². The number of carboxylic acid groups (broad SMARTS) is 1. The van der Waals surface area contributed by atoms with Gasteiger partial charge < -0.3 is 19.7 Å². The van der Waals surface area contributed by atoms with Crippen molar-refractivity contribution in [1.29, 1.82) is 0 Å². The number of aliphatic carboxylic acids is 1. The zero-order valence-corrected chi connectivity index (χ0v) is 12.6. The highest BCUT2D eigenvalue weighted by Gasteiger charge is 2.27. The largest absolute Gasteiger partial charge is 0.493 e. The Balaban J connectivity index is 3.28. The van der Waals surface area contributed by atoms with Crippen LogP contribution >= 0.6 is 0 Å². The molecule has 1 unspecified atom stereocenters. The molecule has 0 spiro atoms. The number of hydrogen-bond acceptors (Lipinski definition) is 6. The minimum atomic E-state index is -4.13. The molecule has 3 N–H and O–H groups in total. The van der Waals surface area contributed by atoms with Crippen LogP contribution in [0.3, 0.4) is 0 Å². The van der Waals surface area contributed by atoms with Crippen molar-refractivity contribution in [3.63, 3.8) is 0 Å². The van der Waals surface area contributed by atoms with Crippen LogP contribution in [0.15, 0.2) is 17.0 Å². The summed E-state index contributed by atoms with van der Waals surface area (Å²) in [6.45, 7) is 0.673. The first kappa shape index (κ1) is 17.2. The van der Waals surface area contributed by atoms with Crippen LogP contribution in [0.4, 0.5) is 0 Å². The Morgan fingerprint density at radius 1 is 1.29 bits per heavy atom. The normalized spacial score (nSPS) is 12.8.